The molecule has 0 heterocycles. The molecule has 0 fully saturated rings. The van der Waals surface area contributed by atoms with E-state index in [1.807, 2.05) is 0 Å². The van der Waals surface area contributed by atoms with Crippen molar-refractivity contribution in [3.8, 4) is 0 Å². The van der Waals surface area contributed by atoms with Crippen molar-refractivity contribution in [2.24, 2.45) is 10.7 Å². The fourth-order valence-corrected chi connectivity index (χ4v) is 0.362. The highest BCUT2D eigenvalue weighted by atomic mass is 32.1. The maximum Gasteiger partial charge on any atom is 0.274 e. The van der Waals surface area contributed by atoms with E-state index < -0.39 is 11.9 Å². The first-order valence-corrected chi connectivity index (χ1v) is 2.83. The van der Waals surface area contributed by atoms with E-state index in [-0.39, 0.29) is 5.75 Å². The molecule has 0 rings (SSSR count). The maximum absolute atomic E-state index is 10.4. The van der Waals surface area contributed by atoms with Gasteiger partial charge in [-0.25, -0.2) is 4.79 Å². The average molecular weight is 146 g/mol. The van der Waals surface area contributed by atoms with Gasteiger partial charge in [0.25, 0.3) is 5.91 Å². The van der Waals surface area contributed by atoms with Crippen LogP contribution in [0.1, 0.15) is 0 Å². The maximum atomic E-state index is 10.4. The number of hydrogen-bond acceptors (Lipinski definition) is 4. The summed E-state index contributed by atoms with van der Waals surface area (Å²) in [6, 6.07) is -0.783. The molecular weight excluding hydrogens is 140 g/mol. The molecule has 9 heavy (non-hydrogen) atoms. The number of carbonyl (C=O) groups is 1. The molecule has 4 nitrogen and oxygen atoms in total. The summed E-state index contributed by atoms with van der Waals surface area (Å²) in [6.45, 7) is 0. The molecule has 0 saturated heterocycles. The molecule has 1 atom stereocenters. The van der Waals surface area contributed by atoms with Crippen molar-refractivity contribution >= 4 is 24.6 Å². The summed E-state index contributed by atoms with van der Waals surface area (Å²) in [5.41, 5.74) is 5.10. The first kappa shape index (κ1) is 8.36. The molecule has 0 unspecified atom stereocenters. The molecule has 2 N–H and O–H groups in total. The van der Waals surface area contributed by atoms with Crippen LogP contribution in [0.25, 0.3) is 0 Å². The number of nitrogens with two attached hydrogens (primary N) is 1. The van der Waals surface area contributed by atoms with Crippen molar-refractivity contribution in [3.05, 3.63) is 0 Å². The molecule has 0 aliphatic rings. The average Bonchev–Trinajstić information content (AvgIpc) is 1.87. The summed E-state index contributed by atoms with van der Waals surface area (Å²) >= 11 is 3.71. The quantitative estimate of drug-likeness (QED) is 0.301. The molecule has 0 aliphatic carbocycles. The van der Waals surface area contributed by atoms with Gasteiger partial charge in [0.05, 0.1) is 6.04 Å². The summed E-state index contributed by atoms with van der Waals surface area (Å²) < 4.78 is 0. The summed E-state index contributed by atoms with van der Waals surface area (Å²) in [5, 5.41) is 0. The van der Waals surface area contributed by atoms with Crippen molar-refractivity contribution in [1.82, 2.24) is 0 Å². The van der Waals surface area contributed by atoms with Crippen LogP contribution >= 0.6 is 12.6 Å². The minimum absolute atomic E-state index is 0.185. The number of hydrogen-bond donors (Lipinski definition) is 2. The van der Waals surface area contributed by atoms with Crippen LogP contribution in [0.15, 0.2) is 4.99 Å². The first-order chi connectivity index (χ1) is 4.22. The minimum atomic E-state index is -0.783. The number of carbonyl (C=O) groups excluding carboxylic acids is 2. The second kappa shape index (κ2) is 4.26. The smallest absolute Gasteiger partial charge is 0.274 e. The lowest BCUT2D eigenvalue weighted by molar-refractivity contribution is -0.118. The molecule has 5 heteroatoms. The van der Waals surface area contributed by atoms with E-state index in [1.54, 1.807) is 0 Å². The van der Waals surface area contributed by atoms with Crippen molar-refractivity contribution in [2.75, 3.05) is 5.75 Å². The largest absolute Gasteiger partial charge is 0.319 e. The summed E-state index contributed by atoms with van der Waals surface area (Å²) in [7, 11) is 0. The summed E-state index contributed by atoms with van der Waals surface area (Å²) in [4.78, 5) is 22.6. The fourth-order valence-electron chi connectivity index (χ4n) is 0.206. The third kappa shape index (κ3) is 3.03. The number of nitrogens with zero attached hydrogens (tertiary/aromatic N) is 1. The van der Waals surface area contributed by atoms with Gasteiger partial charge in [0.15, 0.2) is 0 Å². The van der Waals surface area contributed by atoms with E-state index >= 15 is 0 Å². The van der Waals surface area contributed by atoms with Crippen LogP contribution in [-0.4, -0.2) is 23.8 Å². The second-order valence-corrected chi connectivity index (χ2v) is 1.70. The zero-order chi connectivity index (χ0) is 7.28. The van der Waals surface area contributed by atoms with E-state index in [2.05, 4.69) is 17.6 Å². The number of rotatable bonds is 2. The van der Waals surface area contributed by atoms with Gasteiger partial charge >= 0.3 is 0 Å². The van der Waals surface area contributed by atoms with Crippen LogP contribution in [-0.2, 0) is 9.59 Å². The van der Waals surface area contributed by atoms with Gasteiger partial charge in [-0.3, -0.25) is 4.79 Å². The van der Waals surface area contributed by atoms with E-state index in [0.29, 0.717) is 0 Å². The Hall–Kier alpha value is -0.640. The van der Waals surface area contributed by atoms with Gasteiger partial charge in [-0.1, -0.05) is 0 Å². The van der Waals surface area contributed by atoms with Crippen LogP contribution in [0.4, 0.5) is 0 Å². The topological polar surface area (TPSA) is 72.5 Å². The lowest BCUT2D eigenvalue weighted by Gasteiger charge is -1.97. The van der Waals surface area contributed by atoms with Crippen LogP contribution in [0, 0.1) is 0 Å². The molecule has 50 valence electrons. The SMILES string of the molecule is N[C@@H](CS)C(=O)N=C=O. The van der Waals surface area contributed by atoms with Gasteiger partial charge in [-0.15, -0.1) is 4.99 Å². The van der Waals surface area contributed by atoms with Gasteiger partial charge in [0, 0.05) is 5.75 Å². The van der Waals surface area contributed by atoms with Crippen molar-refractivity contribution in [1.29, 1.82) is 0 Å². The normalized spacial score (nSPS) is 11.8. The van der Waals surface area contributed by atoms with Crippen molar-refractivity contribution in [2.45, 2.75) is 6.04 Å². The molecule has 1 amide bonds. The molecule has 0 spiro atoms. The lowest BCUT2D eigenvalue weighted by Crippen LogP contribution is -2.30. The van der Waals surface area contributed by atoms with Gasteiger partial charge in [-0.2, -0.15) is 12.6 Å². The highest BCUT2D eigenvalue weighted by Gasteiger charge is 2.08. The van der Waals surface area contributed by atoms with E-state index in [4.69, 9.17) is 5.73 Å². The van der Waals surface area contributed by atoms with Crippen molar-refractivity contribution < 1.29 is 9.59 Å². The van der Waals surface area contributed by atoms with E-state index in [9.17, 15) is 9.59 Å². The highest BCUT2D eigenvalue weighted by molar-refractivity contribution is 7.80. The molecule has 0 bridgehead atoms. The lowest BCUT2D eigenvalue weighted by atomic mass is 10.3. The Morgan fingerprint density at radius 1 is 1.89 bits per heavy atom. The molecular formula is C4H6N2O2S. The predicted molar refractivity (Wildman–Crippen MR) is 35.0 cm³/mol. The van der Waals surface area contributed by atoms with Gasteiger partial charge in [-0.05, 0) is 0 Å². The third-order valence-electron chi connectivity index (χ3n) is 0.670. The van der Waals surface area contributed by atoms with Crippen molar-refractivity contribution in [3.63, 3.8) is 0 Å². The van der Waals surface area contributed by atoms with Crippen LogP contribution < -0.4 is 5.73 Å². The first-order valence-electron chi connectivity index (χ1n) is 2.20. The fraction of sp³-hybridized carbons (Fsp3) is 0.500. The highest BCUT2D eigenvalue weighted by Crippen LogP contribution is 1.85. The minimum Gasteiger partial charge on any atom is -0.319 e. The zero-order valence-corrected chi connectivity index (χ0v) is 5.47. The van der Waals surface area contributed by atoms with Crippen LogP contribution in [0.5, 0.6) is 0 Å². The number of isocyanates is 1. The molecule has 0 aromatic heterocycles. The van der Waals surface area contributed by atoms with E-state index in [1.165, 1.54) is 0 Å². The van der Waals surface area contributed by atoms with Crippen LogP contribution in [0.3, 0.4) is 0 Å². The Balaban J connectivity index is 3.87. The monoisotopic (exact) mass is 146 g/mol. The molecule has 0 radical (unpaired) electrons. The molecule has 0 aromatic rings. The molecule has 0 saturated carbocycles. The Morgan fingerprint density at radius 3 is 2.78 bits per heavy atom. The summed E-state index contributed by atoms with van der Waals surface area (Å²) in [6.07, 6.45) is 1.09. The third-order valence-corrected chi connectivity index (χ3v) is 1.06. The predicted octanol–water partition coefficient (Wildman–Crippen LogP) is -0.894. The Labute approximate surface area is 57.5 Å². The molecule has 0 aromatic carbocycles. The second-order valence-electron chi connectivity index (χ2n) is 1.33. The Kier molecular flexibility index (Phi) is 3.96. The van der Waals surface area contributed by atoms with E-state index in [0.717, 1.165) is 6.08 Å². The molecule has 0 aliphatic heterocycles. The van der Waals surface area contributed by atoms with Gasteiger partial charge < -0.3 is 5.73 Å². The number of amides is 1. The standard InChI is InChI=1S/C4H6N2O2S/c5-3(1-9)4(8)6-2-7/h3,9H,1,5H2/t3-/m0/s1. The van der Waals surface area contributed by atoms with Gasteiger partial charge in [0.1, 0.15) is 0 Å². The Bertz CT molecular complexity index is 153. The van der Waals surface area contributed by atoms with Crippen LogP contribution in [0.2, 0.25) is 0 Å². The number of thiol groups is 1. The summed E-state index contributed by atoms with van der Waals surface area (Å²) in [5.74, 6) is -0.496. The van der Waals surface area contributed by atoms with Gasteiger partial charge in [0.2, 0.25) is 6.08 Å². The zero-order valence-electron chi connectivity index (χ0n) is 4.57. The number of aliphatic imine (C=N–C) groups is 1. The Morgan fingerprint density at radius 2 is 2.44 bits per heavy atom.